The quantitative estimate of drug-likeness (QED) is 0.927. The van der Waals surface area contributed by atoms with Crippen LogP contribution in [-0.2, 0) is 11.0 Å². The molecule has 0 unspecified atom stereocenters. The molecule has 0 amide bonds. The van der Waals surface area contributed by atoms with Crippen molar-refractivity contribution in [3.63, 3.8) is 0 Å². The topological polar surface area (TPSA) is 40.5 Å². The molecule has 110 valence electrons. The molecule has 3 nitrogen and oxygen atoms in total. The van der Waals surface area contributed by atoms with Crippen LogP contribution in [0.1, 0.15) is 36.4 Å². The molecule has 0 bridgehead atoms. The van der Waals surface area contributed by atoms with Crippen LogP contribution < -0.4 is 0 Å². The number of alkyl halides is 3. The summed E-state index contributed by atoms with van der Waals surface area (Å²) in [6.45, 7) is 1.33. The second-order valence-electron chi connectivity index (χ2n) is 4.96. The summed E-state index contributed by atoms with van der Waals surface area (Å²) in [6.07, 6.45) is -1.49. The standard InChI is InChI=1S/C14H16F3NO2/c15-14(16,17)11-6-4-10(5-7-11)12(13(19)20)18-8-2-1-3-9-18/h4-7,12H,1-3,8-9H2,(H,19,20)/t12-/m1/s1. The average molecular weight is 287 g/mol. The second kappa shape index (κ2) is 5.83. The number of hydrogen-bond donors (Lipinski definition) is 1. The Morgan fingerprint density at radius 3 is 2.10 bits per heavy atom. The van der Waals surface area contributed by atoms with Gasteiger partial charge in [0.1, 0.15) is 6.04 Å². The van der Waals surface area contributed by atoms with E-state index in [1.54, 1.807) is 0 Å². The first kappa shape index (κ1) is 14.8. The normalized spacial score (nSPS) is 18.8. The zero-order valence-corrected chi connectivity index (χ0v) is 10.9. The van der Waals surface area contributed by atoms with Crippen molar-refractivity contribution < 1.29 is 23.1 Å². The van der Waals surface area contributed by atoms with Gasteiger partial charge in [-0.15, -0.1) is 0 Å². The minimum atomic E-state index is -4.40. The highest BCUT2D eigenvalue weighted by molar-refractivity contribution is 5.75. The maximum atomic E-state index is 12.5. The lowest BCUT2D eigenvalue weighted by atomic mass is 10.0. The molecule has 1 aliphatic heterocycles. The van der Waals surface area contributed by atoms with E-state index < -0.39 is 23.8 Å². The van der Waals surface area contributed by atoms with Crippen LogP contribution in [0.15, 0.2) is 24.3 Å². The summed E-state index contributed by atoms with van der Waals surface area (Å²) in [5.74, 6) is -1.02. The number of carboxylic acids is 1. The van der Waals surface area contributed by atoms with Gasteiger partial charge in [0.15, 0.2) is 0 Å². The molecule has 1 aromatic rings. The molecule has 6 heteroatoms. The van der Waals surface area contributed by atoms with Gasteiger partial charge in [0.2, 0.25) is 0 Å². The lowest BCUT2D eigenvalue weighted by Gasteiger charge is -2.32. The van der Waals surface area contributed by atoms with Gasteiger partial charge in [-0.05, 0) is 43.6 Å². The van der Waals surface area contributed by atoms with E-state index in [0.717, 1.165) is 31.4 Å². The predicted molar refractivity (Wildman–Crippen MR) is 67.2 cm³/mol. The number of nitrogens with zero attached hydrogens (tertiary/aromatic N) is 1. The molecule has 2 rings (SSSR count). The molecule has 0 spiro atoms. The fourth-order valence-electron chi connectivity index (χ4n) is 2.54. The Kier molecular flexibility index (Phi) is 4.32. The number of carboxylic acid groups (broad SMARTS) is 1. The van der Waals surface area contributed by atoms with Crippen LogP contribution in [0.5, 0.6) is 0 Å². The van der Waals surface area contributed by atoms with Crippen LogP contribution in [0.25, 0.3) is 0 Å². The van der Waals surface area contributed by atoms with Crippen molar-refractivity contribution in [3.05, 3.63) is 35.4 Å². The second-order valence-corrected chi connectivity index (χ2v) is 4.96. The van der Waals surface area contributed by atoms with Crippen LogP contribution in [0.2, 0.25) is 0 Å². The van der Waals surface area contributed by atoms with Crippen LogP contribution in [0, 0.1) is 0 Å². The fourth-order valence-corrected chi connectivity index (χ4v) is 2.54. The van der Waals surface area contributed by atoms with Crippen molar-refractivity contribution in [2.24, 2.45) is 0 Å². The van der Waals surface area contributed by atoms with E-state index in [0.29, 0.717) is 18.7 Å². The van der Waals surface area contributed by atoms with Crippen LogP contribution in [0.3, 0.4) is 0 Å². The minimum Gasteiger partial charge on any atom is -0.480 e. The Morgan fingerprint density at radius 1 is 1.10 bits per heavy atom. The molecule has 1 saturated heterocycles. The molecule has 0 aliphatic carbocycles. The third-order valence-corrected chi connectivity index (χ3v) is 3.54. The maximum absolute atomic E-state index is 12.5. The largest absolute Gasteiger partial charge is 0.480 e. The highest BCUT2D eigenvalue weighted by Gasteiger charge is 2.32. The van der Waals surface area contributed by atoms with Crippen molar-refractivity contribution in [2.45, 2.75) is 31.5 Å². The first-order chi connectivity index (χ1) is 9.39. The van der Waals surface area contributed by atoms with Gasteiger partial charge < -0.3 is 5.11 Å². The Labute approximate surface area is 115 Å². The SMILES string of the molecule is O=C(O)[C@@H](c1ccc(C(F)(F)F)cc1)N1CCCCC1. The minimum absolute atomic E-state index is 0.396. The molecule has 1 aliphatic rings. The molecular formula is C14H16F3NO2. The lowest BCUT2D eigenvalue weighted by Crippen LogP contribution is -2.37. The van der Waals surface area contributed by atoms with E-state index in [9.17, 15) is 23.1 Å². The molecule has 1 fully saturated rings. The van der Waals surface area contributed by atoms with Gasteiger partial charge in [0, 0.05) is 0 Å². The van der Waals surface area contributed by atoms with E-state index >= 15 is 0 Å². The van der Waals surface area contributed by atoms with Crippen molar-refractivity contribution in [2.75, 3.05) is 13.1 Å². The molecule has 1 N–H and O–H groups in total. The zero-order valence-electron chi connectivity index (χ0n) is 10.9. The Morgan fingerprint density at radius 2 is 1.65 bits per heavy atom. The van der Waals surface area contributed by atoms with Crippen LogP contribution >= 0.6 is 0 Å². The van der Waals surface area contributed by atoms with E-state index in [-0.39, 0.29) is 0 Å². The smallest absolute Gasteiger partial charge is 0.416 e. The average Bonchev–Trinajstić information content (AvgIpc) is 2.39. The molecule has 1 heterocycles. The van der Waals surface area contributed by atoms with E-state index in [2.05, 4.69) is 0 Å². The molecule has 1 aromatic carbocycles. The van der Waals surface area contributed by atoms with Crippen molar-refractivity contribution in [3.8, 4) is 0 Å². The summed E-state index contributed by atoms with van der Waals surface area (Å²) in [7, 11) is 0. The number of aliphatic carboxylic acids is 1. The third-order valence-electron chi connectivity index (χ3n) is 3.54. The number of carbonyl (C=O) groups is 1. The van der Waals surface area contributed by atoms with Gasteiger partial charge in [-0.25, -0.2) is 0 Å². The summed E-state index contributed by atoms with van der Waals surface area (Å²) in [5, 5.41) is 9.34. The number of hydrogen-bond acceptors (Lipinski definition) is 2. The Bertz CT molecular complexity index is 464. The molecular weight excluding hydrogens is 271 g/mol. The number of benzene rings is 1. The molecule has 20 heavy (non-hydrogen) atoms. The summed E-state index contributed by atoms with van der Waals surface area (Å²) in [5.41, 5.74) is -0.364. The third kappa shape index (κ3) is 3.30. The molecule has 1 atom stereocenters. The first-order valence-corrected chi connectivity index (χ1v) is 6.53. The number of piperidine rings is 1. The zero-order chi connectivity index (χ0) is 14.8. The van der Waals surface area contributed by atoms with Gasteiger partial charge >= 0.3 is 12.1 Å². The number of halogens is 3. The van der Waals surface area contributed by atoms with Gasteiger partial charge in [0.05, 0.1) is 5.56 Å². The maximum Gasteiger partial charge on any atom is 0.416 e. The fraction of sp³-hybridized carbons (Fsp3) is 0.500. The van der Waals surface area contributed by atoms with Gasteiger partial charge in [-0.1, -0.05) is 18.6 Å². The molecule has 0 radical (unpaired) electrons. The van der Waals surface area contributed by atoms with E-state index in [1.807, 2.05) is 4.90 Å². The lowest BCUT2D eigenvalue weighted by molar-refractivity contribution is -0.144. The summed E-state index contributed by atoms with van der Waals surface area (Å²) in [4.78, 5) is 13.2. The summed E-state index contributed by atoms with van der Waals surface area (Å²) >= 11 is 0. The Balaban J connectivity index is 2.23. The highest BCUT2D eigenvalue weighted by Crippen LogP contribution is 2.31. The van der Waals surface area contributed by atoms with E-state index in [4.69, 9.17) is 0 Å². The van der Waals surface area contributed by atoms with Crippen LogP contribution in [0.4, 0.5) is 13.2 Å². The van der Waals surface area contributed by atoms with E-state index in [1.165, 1.54) is 12.1 Å². The predicted octanol–water partition coefficient (Wildman–Crippen LogP) is 3.32. The molecule has 0 aromatic heterocycles. The molecule has 0 saturated carbocycles. The van der Waals surface area contributed by atoms with Crippen molar-refractivity contribution >= 4 is 5.97 Å². The van der Waals surface area contributed by atoms with Gasteiger partial charge in [-0.3, -0.25) is 9.69 Å². The Hall–Kier alpha value is -1.56. The first-order valence-electron chi connectivity index (χ1n) is 6.53. The van der Waals surface area contributed by atoms with Crippen LogP contribution in [-0.4, -0.2) is 29.1 Å². The van der Waals surface area contributed by atoms with Crippen molar-refractivity contribution in [1.29, 1.82) is 0 Å². The highest BCUT2D eigenvalue weighted by atomic mass is 19.4. The number of rotatable bonds is 3. The van der Waals surface area contributed by atoms with Crippen molar-refractivity contribution in [1.82, 2.24) is 4.90 Å². The summed E-state index contributed by atoms with van der Waals surface area (Å²) in [6, 6.07) is 3.54. The van der Waals surface area contributed by atoms with Gasteiger partial charge in [-0.2, -0.15) is 13.2 Å². The monoisotopic (exact) mass is 287 g/mol. The van der Waals surface area contributed by atoms with Gasteiger partial charge in [0.25, 0.3) is 0 Å². The summed E-state index contributed by atoms with van der Waals surface area (Å²) < 4.78 is 37.5. The number of likely N-dealkylation sites (tertiary alicyclic amines) is 1.